The summed E-state index contributed by atoms with van der Waals surface area (Å²) in [6.45, 7) is 0. The maximum atomic E-state index is 3.26. The third-order valence-corrected chi connectivity index (χ3v) is 1.16. The Morgan fingerprint density at radius 1 is 1.38 bits per heavy atom. The summed E-state index contributed by atoms with van der Waals surface area (Å²) in [6.07, 6.45) is 0. The Morgan fingerprint density at radius 3 is 2.38 bits per heavy atom. The van der Waals surface area contributed by atoms with E-state index in [4.69, 9.17) is 0 Å². The molecule has 0 amide bonds. The molecular formula is C6H5BrLi. The van der Waals surface area contributed by atoms with E-state index in [2.05, 4.69) is 22.0 Å². The Morgan fingerprint density at radius 2 is 2.12 bits per heavy atom. The van der Waals surface area contributed by atoms with Crippen LogP contribution in [0, 0.1) is 6.07 Å². The second-order valence-electron chi connectivity index (χ2n) is 1.21. The van der Waals surface area contributed by atoms with Crippen molar-refractivity contribution in [2.45, 2.75) is 0 Å². The zero-order valence-corrected chi connectivity index (χ0v) is 5.27. The predicted octanol–water partition coefficient (Wildman–Crippen LogP) is 1.60. The van der Waals surface area contributed by atoms with Crippen LogP contribution in [0.2, 0.25) is 0 Å². The van der Waals surface area contributed by atoms with Crippen molar-refractivity contribution in [1.82, 2.24) is 0 Å². The van der Waals surface area contributed by atoms with Crippen molar-refractivity contribution < 1.29 is 0 Å². The molecule has 0 saturated heterocycles. The van der Waals surface area contributed by atoms with Gasteiger partial charge in [-0.05, 0) is 12.1 Å². The zero-order chi connectivity index (χ0) is 5.11. The van der Waals surface area contributed by atoms with Crippen LogP contribution in [0.15, 0.2) is 28.7 Å². The second kappa shape index (κ2) is 4.20. The third kappa shape index (κ3) is 2.57. The number of hydrogen-bond donors (Lipinski definition) is 0. The molecule has 1 aromatic carbocycles. The van der Waals surface area contributed by atoms with E-state index in [0.29, 0.717) is 0 Å². The van der Waals surface area contributed by atoms with Crippen molar-refractivity contribution in [3.8, 4) is 0 Å². The summed E-state index contributed by atoms with van der Waals surface area (Å²) < 4.78 is 1.01. The van der Waals surface area contributed by atoms with Gasteiger partial charge in [-0.25, -0.2) is 0 Å². The first kappa shape index (κ1) is 8.30. The minimum absolute atomic E-state index is 0. The standard InChI is InChI=1S/C6H4Br.Li.H/c7-6-4-2-1-3-5-6;;/h1-4H;;. The molecule has 1 radical (unpaired) electrons. The fourth-order valence-corrected chi connectivity index (χ4v) is 0.656. The van der Waals surface area contributed by atoms with Crippen LogP contribution < -0.4 is 0 Å². The zero-order valence-electron chi connectivity index (χ0n) is 3.69. The fourth-order valence-electron chi connectivity index (χ4n) is 0.371. The molecule has 8 heavy (non-hydrogen) atoms. The Balaban J connectivity index is 0.000000490. The Labute approximate surface area is 69.6 Å². The van der Waals surface area contributed by atoms with Crippen molar-refractivity contribution in [1.29, 1.82) is 0 Å². The molecule has 0 saturated carbocycles. The normalized spacial score (nSPS) is 7.62. The van der Waals surface area contributed by atoms with Crippen LogP contribution in [0.25, 0.3) is 0 Å². The van der Waals surface area contributed by atoms with E-state index in [1.165, 1.54) is 0 Å². The van der Waals surface area contributed by atoms with Gasteiger partial charge in [0.15, 0.2) is 0 Å². The third-order valence-electron chi connectivity index (χ3n) is 0.671. The van der Waals surface area contributed by atoms with Crippen LogP contribution >= 0.6 is 15.9 Å². The van der Waals surface area contributed by atoms with Crippen LogP contribution in [0.4, 0.5) is 0 Å². The van der Waals surface area contributed by atoms with Crippen molar-refractivity contribution in [3.63, 3.8) is 0 Å². The van der Waals surface area contributed by atoms with Gasteiger partial charge in [0.25, 0.3) is 0 Å². The summed E-state index contributed by atoms with van der Waals surface area (Å²) in [5.41, 5.74) is 0. The number of halogens is 1. The first-order valence-electron chi connectivity index (χ1n) is 2.02. The van der Waals surface area contributed by atoms with E-state index in [1.54, 1.807) is 0 Å². The molecule has 1 aromatic rings. The van der Waals surface area contributed by atoms with E-state index >= 15 is 0 Å². The van der Waals surface area contributed by atoms with Gasteiger partial charge in [-0.1, -0.05) is 34.1 Å². The first-order chi connectivity index (χ1) is 3.39. The van der Waals surface area contributed by atoms with Crippen LogP contribution in [0.5, 0.6) is 0 Å². The van der Waals surface area contributed by atoms with Gasteiger partial charge >= 0.3 is 18.9 Å². The van der Waals surface area contributed by atoms with Crippen molar-refractivity contribution >= 4 is 34.8 Å². The second-order valence-corrected chi connectivity index (χ2v) is 2.06. The Hall–Kier alpha value is 0.297. The summed E-state index contributed by atoms with van der Waals surface area (Å²) in [5, 5.41) is 0. The molecule has 0 N–H and O–H groups in total. The summed E-state index contributed by atoms with van der Waals surface area (Å²) >= 11 is 3.26. The molecule has 0 aliphatic rings. The van der Waals surface area contributed by atoms with E-state index in [-0.39, 0.29) is 18.9 Å². The topological polar surface area (TPSA) is 0 Å². The molecule has 0 atom stereocenters. The molecule has 2 heteroatoms. The van der Waals surface area contributed by atoms with Crippen LogP contribution in [0.3, 0.4) is 0 Å². The van der Waals surface area contributed by atoms with Gasteiger partial charge < -0.3 is 0 Å². The molecule has 0 heterocycles. The van der Waals surface area contributed by atoms with Gasteiger partial charge in [0.1, 0.15) is 0 Å². The van der Waals surface area contributed by atoms with Crippen molar-refractivity contribution in [2.24, 2.45) is 0 Å². The molecule has 0 aromatic heterocycles. The molecule has 0 bridgehead atoms. The summed E-state index contributed by atoms with van der Waals surface area (Å²) in [7, 11) is 0. The van der Waals surface area contributed by atoms with Crippen LogP contribution in [0.1, 0.15) is 0 Å². The van der Waals surface area contributed by atoms with Gasteiger partial charge in [-0.2, -0.15) is 0 Å². The Kier molecular flexibility index (Phi) is 4.36. The molecule has 0 unspecified atom stereocenters. The molecule has 37 valence electrons. The molecule has 0 nitrogen and oxygen atoms in total. The maximum absolute atomic E-state index is 3.26. The summed E-state index contributed by atoms with van der Waals surface area (Å²) in [4.78, 5) is 0. The Bertz CT molecular complexity index is 138. The monoisotopic (exact) mass is 163 g/mol. The van der Waals surface area contributed by atoms with E-state index in [1.807, 2.05) is 24.3 Å². The molecule has 0 spiro atoms. The summed E-state index contributed by atoms with van der Waals surface area (Å²) in [5.74, 6) is 0. The molecular weight excluding hydrogens is 159 g/mol. The van der Waals surface area contributed by atoms with Gasteiger partial charge in [0.2, 0.25) is 0 Å². The van der Waals surface area contributed by atoms with Gasteiger partial charge in [-0.15, -0.1) is 0 Å². The molecule has 0 aliphatic heterocycles. The molecule has 0 fully saturated rings. The van der Waals surface area contributed by atoms with Crippen LogP contribution in [-0.2, 0) is 0 Å². The van der Waals surface area contributed by atoms with E-state index in [0.717, 1.165) is 4.47 Å². The minimum atomic E-state index is 0. The van der Waals surface area contributed by atoms with E-state index < -0.39 is 0 Å². The predicted molar refractivity (Wildman–Crippen MR) is 40.1 cm³/mol. The molecule has 0 aliphatic carbocycles. The van der Waals surface area contributed by atoms with Gasteiger partial charge in [-0.3, -0.25) is 0 Å². The first-order valence-corrected chi connectivity index (χ1v) is 2.81. The average molecular weight is 164 g/mol. The number of hydrogen-bond acceptors (Lipinski definition) is 0. The quantitative estimate of drug-likeness (QED) is 0.511. The van der Waals surface area contributed by atoms with Gasteiger partial charge in [0.05, 0.1) is 0 Å². The SMILES string of the molecule is Brc1[c]cccc1.[LiH]. The van der Waals surface area contributed by atoms with Crippen LogP contribution in [-0.4, -0.2) is 18.9 Å². The number of rotatable bonds is 0. The average Bonchev–Trinajstić information content (AvgIpc) is 1.69. The molecule has 1 rings (SSSR count). The number of benzene rings is 1. The van der Waals surface area contributed by atoms with E-state index in [9.17, 15) is 0 Å². The van der Waals surface area contributed by atoms with Crippen molar-refractivity contribution in [2.75, 3.05) is 0 Å². The fraction of sp³-hybridized carbons (Fsp3) is 0. The summed E-state index contributed by atoms with van der Waals surface area (Å²) in [6, 6.07) is 10.7. The van der Waals surface area contributed by atoms with Gasteiger partial charge in [0, 0.05) is 4.47 Å². The van der Waals surface area contributed by atoms with Crippen molar-refractivity contribution in [3.05, 3.63) is 34.8 Å².